The first-order valence-electron chi connectivity index (χ1n) is 24.6. The monoisotopic (exact) mass is 1110 g/mol. The molecule has 10 amide bonds. The van der Waals surface area contributed by atoms with Crippen molar-refractivity contribution < 1.29 is 47.9 Å². The number of nitrogens with one attached hydrogen (secondary N) is 13. The van der Waals surface area contributed by atoms with E-state index in [1.165, 1.54) is 13.8 Å². The number of hydrogen-bond acceptors (Lipinski definition) is 14. The molecular formula is C48H69N17O10S2. The van der Waals surface area contributed by atoms with Gasteiger partial charge < -0.3 is 81.1 Å². The quantitative estimate of drug-likeness (QED) is 0.0240. The van der Waals surface area contributed by atoms with E-state index >= 15 is 0 Å². The molecule has 1 aliphatic heterocycles. The molecule has 1 saturated heterocycles. The number of hydrogen-bond donors (Lipinski definition) is 17. The summed E-state index contributed by atoms with van der Waals surface area (Å²) < 4.78 is 0. The van der Waals surface area contributed by atoms with Crippen molar-refractivity contribution in [2.75, 3.05) is 24.6 Å². The van der Waals surface area contributed by atoms with Gasteiger partial charge in [0.05, 0.1) is 0 Å². The summed E-state index contributed by atoms with van der Waals surface area (Å²) in [7, 11) is 1.96. The highest BCUT2D eigenvalue weighted by atomic mass is 33.1. The molecule has 1 aromatic heterocycles. The van der Waals surface area contributed by atoms with Crippen molar-refractivity contribution in [2.24, 2.45) is 22.9 Å². The molecule has 27 nitrogen and oxygen atoms in total. The Balaban J connectivity index is 1.79. The number of aromatic nitrogens is 1. The molecule has 0 saturated carbocycles. The standard InChI is InChI=1S/C48H69N17O10S2/c1-25-40(69)60-33(16-17-38(49)67)43(72)62-34(20-27-10-4-3-5-11-27)44(73)61-32(15-9-19-56-48(53)54)42(71)63-35(21-28-22-57-30-13-7-6-12-29(28)30)45(74)64-36(39(50)68)23-76-77-24-37(46(75)58-25)65-41(70)31(59-26(2)66)14-8-18-55-47(51)52/h3-7,10-13,22,25,31-37,57H,8-9,14-21,23-24H2,1-2H3,(H2,49,67)(H2,50,68)(H,58,75)(H,59,66)(H,60,69)(H,61,73)(H,62,72)(H,63,71)(H,64,74)(H,65,70)(H4,51,52,55)(H4,53,54,56)/t25-,31-,32-,33-,34+,35-,36-,37-/m0/s1. The molecule has 1 aliphatic rings. The SMILES string of the molecule is CC(=O)N[C@@H](CCCNC(=N)N)C(=O)N[C@H]1CSSC[C@@H](C(N)=O)NC(=O)[C@H](Cc2c[nH]c3ccccc23)NC(=O)[C@H](CCCNC(=N)N)NC(=O)[C@@H](Cc2ccccc2)NC(=O)[C@H](CCC(N)=O)NC(=O)[C@H](C)NC1=O. The topological polar surface area (TPSA) is 459 Å². The van der Waals surface area contributed by atoms with Crippen molar-refractivity contribution in [3.63, 3.8) is 0 Å². The Labute approximate surface area is 451 Å². The zero-order valence-electron chi connectivity index (χ0n) is 42.6. The highest BCUT2D eigenvalue weighted by Gasteiger charge is 2.35. The van der Waals surface area contributed by atoms with Crippen LogP contribution in [-0.2, 0) is 60.8 Å². The predicted molar refractivity (Wildman–Crippen MR) is 290 cm³/mol. The van der Waals surface area contributed by atoms with E-state index in [1.54, 1.807) is 54.7 Å². The van der Waals surface area contributed by atoms with Gasteiger partial charge in [0, 0.05) is 67.9 Å². The molecule has 29 heteroatoms. The number of para-hydroxylation sites is 1. The van der Waals surface area contributed by atoms with Gasteiger partial charge in [-0.2, -0.15) is 0 Å². The summed E-state index contributed by atoms with van der Waals surface area (Å²) in [5.41, 5.74) is 24.1. The van der Waals surface area contributed by atoms with Crippen LogP contribution in [0.1, 0.15) is 63.5 Å². The van der Waals surface area contributed by atoms with Gasteiger partial charge in [0.15, 0.2) is 11.9 Å². The Morgan fingerprint density at radius 2 is 1.22 bits per heavy atom. The summed E-state index contributed by atoms with van der Waals surface area (Å²) >= 11 is 0. The maximum Gasteiger partial charge on any atom is 0.244 e. The molecule has 418 valence electrons. The summed E-state index contributed by atoms with van der Waals surface area (Å²) in [6.45, 7) is 2.75. The van der Waals surface area contributed by atoms with Crippen LogP contribution in [0.4, 0.5) is 0 Å². The highest BCUT2D eigenvalue weighted by molar-refractivity contribution is 8.76. The molecular weight excluding hydrogens is 1040 g/mol. The van der Waals surface area contributed by atoms with Gasteiger partial charge in [0.25, 0.3) is 0 Å². The fraction of sp³-hybridized carbons (Fsp3) is 0.458. The van der Waals surface area contributed by atoms with E-state index in [1.807, 2.05) is 6.07 Å². The lowest BCUT2D eigenvalue weighted by molar-refractivity contribution is -0.135. The van der Waals surface area contributed by atoms with Gasteiger partial charge in [0.2, 0.25) is 59.1 Å². The molecule has 1 fully saturated rings. The Hall–Kier alpha value is -8.08. The third-order valence-electron chi connectivity index (χ3n) is 11.9. The van der Waals surface area contributed by atoms with Crippen LogP contribution in [0.3, 0.4) is 0 Å². The number of primary amides is 2. The number of aromatic amines is 1. The van der Waals surface area contributed by atoms with Crippen molar-refractivity contribution in [1.29, 1.82) is 10.8 Å². The van der Waals surface area contributed by atoms with Gasteiger partial charge >= 0.3 is 0 Å². The average Bonchev–Trinajstić information content (AvgIpc) is 3.78. The minimum Gasteiger partial charge on any atom is -0.370 e. The van der Waals surface area contributed by atoms with Gasteiger partial charge in [-0.3, -0.25) is 58.8 Å². The van der Waals surface area contributed by atoms with Crippen molar-refractivity contribution in [3.05, 3.63) is 71.9 Å². The molecule has 4 rings (SSSR count). The van der Waals surface area contributed by atoms with E-state index < -0.39 is 114 Å². The highest BCUT2D eigenvalue weighted by Crippen LogP contribution is 2.24. The zero-order valence-corrected chi connectivity index (χ0v) is 44.2. The van der Waals surface area contributed by atoms with Crippen molar-refractivity contribution >= 4 is 103 Å². The summed E-state index contributed by atoms with van der Waals surface area (Å²) in [6, 6.07) is 4.53. The van der Waals surface area contributed by atoms with E-state index in [4.69, 9.17) is 33.8 Å². The van der Waals surface area contributed by atoms with E-state index in [9.17, 15) is 47.9 Å². The van der Waals surface area contributed by atoms with E-state index in [-0.39, 0.29) is 81.5 Å². The molecule has 0 spiro atoms. The van der Waals surface area contributed by atoms with Gasteiger partial charge in [-0.25, -0.2) is 0 Å². The third-order valence-corrected chi connectivity index (χ3v) is 14.3. The van der Waals surface area contributed by atoms with Crippen LogP contribution in [-0.4, -0.2) is 149 Å². The van der Waals surface area contributed by atoms with Crippen LogP contribution in [0, 0.1) is 10.8 Å². The van der Waals surface area contributed by atoms with E-state index in [2.05, 4.69) is 58.2 Å². The fourth-order valence-corrected chi connectivity index (χ4v) is 10.2. The number of fused-ring (bicyclic) bond motifs is 1. The largest absolute Gasteiger partial charge is 0.370 e. The van der Waals surface area contributed by atoms with Crippen molar-refractivity contribution in [1.82, 2.24) is 58.2 Å². The van der Waals surface area contributed by atoms with Crippen LogP contribution in [0.2, 0.25) is 0 Å². The summed E-state index contributed by atoms with van der Waals surface area (Å²) in [5.74, 6) is -9.55. The lowest BCUT2D eigenvalue weighted by Crippen LogP contribution is -2.60. The number of H-pyrrole nitrogens is 1. The van der Waals surface area contributed by atoms with Crippen LogP contribution < -0.4 is 76.1 Å². The van der Waals surface area contributed by atoms with Crippen LogP contribution in [0.15, 0.2) is 60.8 Å². The van der Waals surface area contributed by atoms with Crippen molar-refractivity contribution in [2.45, 2.75) is 114 Å². The Morgan fingerprint density at radius 3 is 1.86 bits per heavy atom. The van der Waals surface area contributed by atoms with Gasteiger partial charge in [-0.15, -0.1) is 0 Å². The molecule has 21 N–H and O–H groups in total. The second-order valence-electron chi connectivity index (χ2n) is 18.0. The first-order valence-corrected chi connectivity index (χ1v) is 27.1. The first kappa shape index (κ1) is 61.5. The molecule has 77 heavy (non-hydrogen) atoms. The van der Waals surface area contributed by atoms with Gasteiger partial charge in [0.1, 0.15) is 48.3 Å². The lowest BCUT2D eigenvalue weighted by atomic mass is 10.0. The lowest BCUT2D eigenvalue weighted by Gasteiger charge is -2.27. The second kappa shape index (κ2) is 31.1. The number of carbonyl (C=O) groups excluding carboxylic acids is 10. The summed E-state index contributed by atoms with van der Waals surface area (Å²) in [4.78, 5) is 140. The van der Waals surface area contributed by atoms with Crippen molar-refractivity contribution in [3.8, 4) is 0 Å². The van der Waals surface area contributed by atoms with E-state index in [0.29, 0.717) is 11.1 Å². The van der Waals surface area contributed by atoms with Gasteiger partial charge in [-0.05, 0) is 56.2 Å². The zero-order chi connectivity index (χ0) is 56.6. The van der Waals surface area contributed by atoms with Crippen LogP contribution in [0.25, 0.3) is 10.9 Å². The number of amides is 10. The Morgan fingerprint density at radius 1 is 0.662 bits per heavy atom. The molecule has 8 atom stereocenters. The Kier molecular flexibility index (Phi) is 24.8. The van der Waals surface area contributed by atoms with E-state index in [0.717, 1.165) is 32.5 Å². The smallest absolute Gasteiger partial charge is 0.244 e. The first-order chi connectivity index (χ1) is 36.6. The molecule has 2 heterocycles. The molecule has 0 bridgehead atoms. The minimum absolute atomic E-state index is 0.0460. The molecule has 2 aromatic carbocycles. The molecule has 3 aromatic rings. The van der Waals surface area contributed by atoms with Crippen LogP contribution in [0.5, 0.6) is 0 Å². The maximum atomic E-state index is 14.6. The number of guanidine groups is 2. The summed E-state index contributed by atoms with van der Waals surface area (Å²) in [5, 5.41) is 41.9. The second-order valence-corrected chi connectivity index (χ2v) is 20.6. The molecule has 0 unspecified atom stereocenters. The Bertz CT molecular complexity index is 2610. The number of benzene rings is 2. The minimum atomic E-state index is -1.53. The average molecular weight is 1110 g/mol. The number of rotatable bonds is 19. The fourth-order valence-electron chi connectivity index (χ4n) is 7.83. The summed E-state index contributed by atoms with van der Waals surface area (Å²) in [6.07, 6.45) is 0.990. The molecule has 0 aliphatic carbocycles. The molecule has 0 radical (unpaired) electrons. The van der Waals surface area contributed by atoms with Gasteiger partial charge in [-0.1, -0.05) is 70.1 Å². The maximum absolute atomic E-state index is 14.6. The normalized spacial score (nSPS) is 21.8. The van der Waals surface area contributed by atoms with Crippen LogP contribution >= 0.6 is 21.6 Å². The predicted octanol–water partition coefficient (Wildman–Crippen LogP) is -3.46. The number of nitrogens with two attached hydrogens (primary N) is 4. The third kappa shape index (κ3) is 21.2. The number of carbonyl (C=O) groups is 10.